The van der Waals surface area contributed by atoms with E-state index in [1.165, 1.54) is 24.1 Å². The fraction of sp³-hybridized carbons (Fsp3) is 0.286. The predicted octanol–water partition coefficient (Wildman–Crippen LogP) is 4.60. The highest BCUT2D eigenvalue weighted by Crippen LogP contribution is 2.27. The van der Waals surface area contributed by atoms with Crippen molar-refractivity contribution in [3.63, 3.8) is 0 Å². The lowest BCUT2D eigenvalue weighted by molar-refractivity contribution is -0.140. The summed E-state index contributed by atoms with van der Waals surface area (Å²) in [5, 5.41) is 2.62. The number of benzene rings is 3. The molecule has 0 saturated heterocycles. The third kappa shape index (κ3) is 7.14. The van der Waals surface area contributed by atoms with Gasteiger partial charge in [-0.1, -0.05) is 53.2 Å². The number of carbonyl (C=O) groups excluding carboxylic acids is 2. The molecular weight excluding hydrogens is 570 g/mol. The van der Waals surface area contributed by atoms with Gasteiger partial charge in [-0.25, -0.2) is 8.42 Å². The minimum Gasteiger partial charge on any atom is -0.494 e. The van der Waals surface area contributed by atoms with Crippen LogP contribution in [0.2, 0.25) is 0 Å². The highest BCUT2D eigenvalue weighted by molar-refractivity contribution is 9.10. The van der Waals surface area contributed by atoms with Crippen LogP contribution >= 0.6 is 15.9 Å². The van der Waals surface area contributed by atoms with Gasteiger partial charge in [-0.05, 0) is 67.4 Å². The van der Waals surface area contributed by atoms with Gasteiger partial charge in [0.25, 0.3) is 10.0 Å². The summed E-state index contributed by atoms with van der Waals surface area (Å²) >= 11 is 3.33. The number of sulfonamides is 1. The molecule has 3 aromatic rings. The highest BCUT2D eigenvalue weighted by atomic mass is 79.9. The molecule has 1 atom stereocenters. The topological polar surface area (TPSA) is 96.0 Å². The van der Waals surface area contributed by atoms with Crippen LogP contribution in [0.4, 0.5) is 5.69 Å². The summed E-state index contributed by atoms with van der Waals surface area (Å²) in [5.74, 6) is -0.237. The average Bonchev–Trinajstić information content (AvgIpc) is 2.92. The van der Waals surface area contributed by atoms with Crippen molar-refractivity contribution in [2.24, 2.45) is 0 Å². The van der Waals surface area contributed by atoms with Crippen LogP contribution in [0.1, 0.15) is 25.8 Å². The Morgan fingerprint density at radius 3 is 2.13 bits per heavy atom. The molecule has 0 aliphatic carbocycles. The number of likely N-dealkylation sites (N-methyl/N-ethyl adjacent to an activating group) is 1. The number of nitrogens with one attached hydrogen (secondary N) is 1. The zero-order chi connectivity index (χ0) is 27.7. The van der Waals surface area contributed by atoms with E-state index in [2.05, 4.69) is 21.2 Å². The second-order valence-electron chi connectivity index (χ2n) is 8.44. The summed E-state index contributed by atoms with van der Waals surface area (Å²) in [5.41, 5.74) is 1.13. The fourth-order valence-corrected chi connectivity index (χ4v) is 5.68. The van der Waals surface area contributed by atoms with E-state index < -0.39 is 28.5 Å². The molecular formula is C28H32BrN3O5S. The van der Waals surface area contributed by atoms with Crippen LogP contribution in [-0.2, 0) is 26.2 Å². The van der Waals surface area contributed by atoms with Crippen molar-refractivity contribution >= 4 is 43.5 Å². The third-order valence-electron chi connectivity index (χ3n) is 5.94. The lowest BCUT2D eigenvalue weighted by Gasteiger charge is -2.33. The molecule has 0 heterocycles. The molecule has 10 heteroatoms. The van der Waals surface area contributed by atoms with E-state index in [-0.39, 0.29) is 17.3 Å². The van der Waals surface area contributed by atoms with Crippen molar-refractivity contribution in [1.29, 1.82) is 0 Å². The number of nitrogens with zero attached hydrogens (tertiary/aromatic N) is 2. The third-order valence-corrected chi connectivity index (χ3v) is 8.26. The van der Waals surface area contributed by atoms with Crippen LogP contribution in [0.5, 0.6) is 5.75 Å². The number of ether oxygens (including phenoxy) is 1. The second kappa shape index (κ2) is 13.4. The van der Waals surface area contributed by atoms with Crippen LogP contribution in [-0.4, -0.2) is 51.4 Å². The molecule has 0 aliphatic rings. The molecule has 0 spiro atoms. The maximum Gasteiger partial charge on any atom is 0.264 e. The minimum atomic E-state index is -4.13. The zero-order valence-corrected chi connectivity index (χ0v) is 24.0. The molecule has 0 aliphatic heterocycles. The SMILES string of the molecule is CCOc1ccc(N(CC(=O)N(Cc2ccccc2)[C@H](CC)C(=O)NC)S(=O)(=O)c2ccc(Br)cc2)cc1. The normalized spacial score (nSPS) is 11.9. The van der Waals surface area contributed by atoms with Crippen molar-refractivity contribution < 1.29 is 22.7 Å². The lowest BCUT2D eigenvalue weighted by Crippen LogP contribution is -2.51. The zero-order valence-electron chi connectivity index (χ0n) is 21.6. The van der Waals surface area contributed by atoms with Gasteiger partial charge in [0.15, 0.2) is 0 Å². The maximum absolute atomic E-state index is 13.9. The van der Waals surface area contributed by atoms with Crippen LogP contribution in [0.15, 0.2) is 88.2 Å². The van der Waals surface area contributed by atoms with Crippen LogP contribution in [0, 0.1) is 0 Å². The molecule has 0 radical (unpaired) electrons. The first kappa shape index (κ1) is 29.2. The predicted molar refractivity (Wildman–Crippen MR) is 151 cm³/mol. The van der Waals surface area contributed by atoms with Crippen LogP contribution < -0.4 is 14.4 Å². The highest BCUT2D eigenvalue weighted by Gasteiger charge is 2.33. The van der Waals surface area contributed by atoms with Gasteiger partial charge in [0.1, 0.15) is 18.3 Å². The molecule has 1 N–H and O–H groups in total. The van der Waals surface area contributed by atoms with E-state index in [0.717, 1.165) is 14.3 Å². The summed E-state index contributed by atoms with van der Waals surface area (Å²) < 4.78 is 35.0. The Labute approximate surface area is 232 Å². The Kier molecular flexibility index (Phi) is 10.3. The number of hydrogen-bond acceptors (Lipinski definition) is 5. The summed E-state index contributed by atoms with van der Waals surface area (Å²) in [6.07, 6.45) is 0.362. The minimum absolute atomic E-state index is 0.0373. The quantitative estimate of drug-likeness (QED) is 0.327. The molecule has 0 bridgehead atoms. The van der Waals surface area contributed by atoms with Gasteiger partial charge in [0, 0.05) is 18.1 Å². The van der Waals surface area contributed by atoms with Crippen LogP contribution in [0.25, 0.3) is 0 Å². The van der Waals surface area contributed by atoms with Crippen molar-refractivity contribution in [2.75, 3.05) is 24.5 Å². The number of amides is 2. The molecule has 3 aromatic carbocycles. The standard InChI is InChI=1S/C28H32BrN3O5S/c1-4-26(28(34)30-3)31(19-21-9-7-6-8-10-21)27(33)20-32(23-13-15-24(16-14-23)37-5-2)38(35,36)25-17-11-22(29)12-18-25/h6-18,26H,4-5,19-20H2,1-3H3,(H,30,34)/t26-/m1/s1. The van der Waals surface area contributed by atoms with Gasteiger partial charge in [0.05, 0.1) is 17.2 Å². The van der Waals surface area contributed by atoms with E-state index in [0.29, 0.717) is 24.5 Å². The molecule has 38 heavy (non-hydrogen) atoms. The summed E-state index contributed by atoms with van der Waals surface area (Å²) in [6, 6.07) is 21.3. The lowest BCUT2D eigenvalue weighted by atomic mass is 10.1. The van der Waals surface area contributed by atoms with E-state index in [1.807, 2.05) is 44.2 Å². The first-order chi connectivity index (χ1) is 18.2. The van der Waals surface area contributed by atoms with Gasteiger partial charge in [-0.15, -0.1) is 0 Å². The maximum atomic E-state index is 13.9. The van der Waals surface area contributed by atoms with Gasteiger partial charge >= 0.3 is 0 Å². The Morgan fingerprint density at radius 1 is 0.947 bits per heavy atom. The number of anilines is 1. The van der Waals surface area contributed by atoms with Gasteiger partial charge in [0.2, 0.25) is 11.8 Å². The monoisotopic (exact) mass is 601 g/mol. The number of carbonyl (C=O) groups is 2. The van der Waals surface area contributed by atoms with E-state index in [9.17, 15) is 18.0 Å². The molecule has 3 rings (SSSR count). The Morgan fingerprint density at radius 2 is 1.58 bits per heavy atom. The molecule has 2 amide bonds. The van der Waals surface area contributed by atoms with E-state index in [4.69, 9.17) is 4.74 Å². The van der Waals surface area contributed by atoms with Crippen molar-refractivity contribution in [3.8, 4) is 5.75 Å². The number of hydrogen-bond donors (Lipinski definition) is 1. The van der Waals surface area contributed by atoms with Crippen molar-refractivity contribution in [2.45, 2.75) is 37.8 Å². The molecule has 0 aromatic heterocycles. The Bertz CT molecular complexity index is 1320. The number of rotatable bonds is 12. The second-order valence-corrected chi connectivity index (χ2v) is 11.2. The van der Waals surface area contributed by atoms with Crippen molar-refractivity contribution in [3.05, 3.63) is 88.9 Å². The summed E-state index contributed by atoms with van der Waals surface area (Å²) in [4.78, 5) is 28.1. The van der Waals surface area contributed by atoms with Gasteiger partial charge in [-0.2, -0.15) is 0 Å². The summed E-state index contributed by atoms with van der Waals surface area (Å²) in [7, 11) is -2.62. The van der Waals surface area contributed by atoms with Crippen molar-refractivity contribution in [1.82, 2.24) is 10.2 Å². The Balaban J connectivity index is 2.04. The molecule has 0 unspecified atom stereocenters. The smallest absolute Gasteiger partial charge is 0.264 e. The Hall–Kier alpha value is -3.37. The largest absolute Gasteiger partial charge is 0.494 e. The van der Waals surface area contributed by atoms with E-state index >= 15 is 0 Å². The molecule has 8 nitrogen and oxygen atoms in total. The first-order valence-electron chi connectivity index (χ1n) is 12.3. The number of halogens is 1. The summed E-state index contributed by atoms with van der Waals surface area (Å²) in [6.45, 7) is 3.79. The average molecular weight is 603 g/mol. The van der Waals surface area contributed by atoms with Crippen LogP contribution in [0.3, 0.4) is 0 Å². The first-order valence-corrected chi connectivity index (χ1v) is 14.5. The molecule has 0 fully saturated rings. The molecule has 0 saturated carbocycles. The van der Waals surface area contributed by atoms with Gasteiger partial charge < -0.3 is 15.0 Å². The fourth-order valence-electron chi connectivity index (χ4n) is 4.00. The van der Waals surface area contributed by atoms with E-state index in [1.54, 1.807) is 36.4 Å². The molecule has 202 valence electrons. The van der Waals surface area contributed by atoms with Gasteiger partial charge in [-0.3, -0.25) is 13.9 Å².